The quantitative estimate of drug-likeness (QED) is 0.683. The molecule has 1 nitrogen and oxygen atoms in total. The standard InChI is InChI=1S/C7H6Cl2FN/c8-5-1-4(3-11)2-6(9)7(5)10/h1-2H,3,11H2. The van der Waals surface area contributed by atoms with Crippen molar-refractivity contribution >= 4 is 23.2 Å². The van der Waals surface area contributed by atoms with Crippen LogP contribution in [0.3, 0.4) is 0 Å². The molecule has 0 heterocycles. The molecule has 0 aromatic heterocycles. The first kappa shape index (κ1) is 8.78. The number of hydrogen-bond acceptors (Lipinski definition) is 1. The molecule has 0 saturated carbocycles. The molecule has 1 aromatic carbocycles. The predicted octanol–water partition coefficient (Wildman–Crippen LogP) is 2.59. The molecule has 1 rings (SSSR count). The summed E-state index contributed by atoms with van der Waals surface area (Å²) in [5, 5.41) is 0.0240. The average molecular weight is 194 g/mol. The molecule has 0 bridgehead atoms. The molecular weight excluding hydrogens is 188 g/mol. The van der Waals surface area contributed by atoms with E-state index in [0.717, 1.165) is 5.56 Å². The maximum atomic E-state index is 12.7. The molecule has 0 aliphatic carbocycles. The summed E-state index contributed by atoms with van der Waals surface area (Å²) in [5.41, 5.74) is 6.02. The van der Waals surface area contributed by atoms with Crippen molar-refractivity contribution in [3.05, 3.63) is 33.6 Å². The van der Waals surface area contributed by atoms with Crippen LogP contribution in [0.15, 0.2) is 12.1 Å². The normalized spacial score (nSPS) is 10.2. The van der Waals surface area contributed by atoms with Gasteiger partial charge < -0.3 is 5.73 Å². The summed E-state index contributed by atoms with van der Waals surface area (Å²) in [6, 6.07) is 2.92. The lowest BCUT2D eigenvalue weighted by Crippen LogP contribution is -1.96. The van der Waals surface area contributed by atoms with Gasteiger partial charge in [-0.05, 0) is 17.7 Å². The maximum Gasteiger partial charge on any atom is 0.160 e. The first-order valence-corrected chi connectivity index (χ1v) is 3.74. The Balaban J connectivity index is 3.21. The van der Waals surface area contributed by atoms with Crippen LogP contribution in [-0.2, 0) is 6.54 Å². The molecule has 0 unspecified atom stereocenters. The van der Waals surface area contributed by atoms with E-state index < -0.39 is 5.82 Å². The van der Waals surface area contributed by atoms with E-state index in [1.54, 1.807) is 0 Å². The van der Waals surface area contributed by atoms with E-state index in [1.807, 2.05) is 0 Å². The second-order valence-corrected chi connectivity index (χ2v) is 2.89. The molecule has 0 spiro atoms. The number of halogens is 3. The summed E-state index contributed by atoms with van der Waals surface area (Å²) in [7, 11) is 0. The third kappa shape index (κ3) is 1.83. The highest BCUT2D eigenvalue weighted by Crippen LogP contribution is 2.24. The third-order valence-corrected chi connectivity index (χ3v) is 1.83. The predicted molar refractivity (Wildman–Crippen MR) is 44.3 cm³/mol. The minimum Gasteiger partial charge on any atom is -0.326 e. The summed E-state index contributed by atoms with van der Waals surface area (Å²) in [6.07, 6.45) is 0. The first-order chi connectivity index (χ1) is 5.15. The first-order valence-electron chi connectivity index (χ1n) is 2.98. The molecule has 0 aliphatic rings. The Bertz CT molecular complexity index is 252. The van der Waals surface area contributed by atoms with Gasteiger partial charge in [0.2, 0.25) is 0 Å². The second-order valence-electron chi connectivity index (χ2n) is 2.08. The van der Waals surface area contributed by atoms with E-state index in [1.165, 1.54) is 12.1 Å². The molecule has 0 saturated heterocycles. The van der Waals surface area contributed by atoms with Gasteiger partial charge in [0.05, 0.1) is 10.0 Å². The van der Waals surface area contributed by atoms with Gasteiger partial charge in [0.15, 0.2) is 5.82 Å². The summed E-state index contributed by atoms with van der Waals surface area (Å²) in [6.45, 7) is 0.305. The van der Waals surface area contributed by atoms with Crippen molar-refractivity contribution in [1.82, 2.24) is 0 Å². The van der Waals surface area contributed by atoms with Gasteiger partial charge in [-0.15, -0.1) is 0 Å². The summed E-state index contributed by atoms with van der Waals surface area (Å²) in [4.78, 5) is 0. The van der Waals surface area contributed by atoms with Crippen LogP contribution in [0.5, 0.6) is 0 Å². The van der Waals surface area contributed by atoms with E-state index in [4.69, 9.17) is 28.9 Å². The molecule has 0 atom stereocenters. The number of benzene rings is 1. The van der Waals surface area contributed by atoms with Gasteiger partial charge in [0.1, 0.15) is 0 Å². The van der Waals surface area contributed by atoms with Crippen LogP contribution in [0.1, 0.15) is 5.56 Å². The zero-order valence-corrected chi connectivity index (χ0v) is 7.08. The fourth-order valence-corrected chi connectivity index (χ4v) is 1.26. The van der Waals surface area contributed by atoms with Gasteiger partial charge in [0, 0.05) is 6.54 Å². The van der Waals surface area contributed by atoms with Gasteiger partial charge in [-0.3, -0.25) is 0 Å². The molecular formula is C7H6Cl2FN. The number of rotatable bonds is 1. The summed E-state index contributed by atoms with van der Waals surface area (Å²) >= 11 is 11.0. The van der Waals surface area contributed by atoms with Crippen LogP contribution in [0, 0.1) is 5.82 Å². The van der Waals surface area contributed by atoms with Gasteiger partial charge >= 0.3 is 0 Å². The average Bonchev–Trinajstić information content (AvgIpc) is 1.99. The van der Waals surface area contributed by atoms with Crippen molar-refractivity contribution in [3.63, 3.8) is 0 Å². The Morgan fingerprint density at radius 1 is 1.27 bits per heavy atom. The third-order valence-electron chi connectivity index (χ3n) is 1.28. The van der Waals surface area contributed by atoms with Crippen LogP contribution in [0.4, 0.5) is 4.39 Å². The van der Waals surface area contributed by atoms with Crippen LogP contribution in [0.2, 0.25) is 10.0 Å². The summed E-state index contributed by atoms with van der Waals surface area (Å²) < 4.78 is 12.7. The van der Waals surface area contributed by atoms with Crippen molar-refractivity contribution in [3.8, 4) is 0 Å². The smallest absolute Gasteiger partial charge is 0.160 e. The molecule has 0 amide bonds. The minimum atomic E-state index is -0.592. The van der Waals surface area contributed by atoms with Crippen molar-refractivity contribution in [2.24, 2.45) is 5.73 Å². The molecule has 2 N–H and O–H groups in total. The lowest BCUT2D eigenvalue weighted by Gasteiger charge is -2.00. The van der Waals surface area contributed by atoms with Gasteiger partial charge in [-0.25, -0.2) is 4.39 Å². The van der Waals surface area contributed by atoms with E-state index in [9.17, 15) is 4.39 Å². The number of hydrogen-bond donors (Lipinski definition) is 1. The molecule has 4 heteroatoms. The van der Waals surface area contributed by atoms with Crippen molar-refractivity contribution in [2.75, 3.05) is 0 Å². The SMILES string of the molecule is NCc1cc(Cl)c(F)c(Cl)c1. The topological polar surface area (TPSA) is 26.0 Å². The Morgan fingerprint density at radius 3 is 2.09 bits per heavy atom. The lowest BCUT2D eigenvalue weighted by molar-refractivity contribution is 0.628. The Hall–Kier alpha value is -0.310. The molecule has 11 heavy (non-hydrogen) atoms. The monoisotopic (exact) mass is 193 g/mol. The fraction of sp³-hybridized carbons (Fsp3) is 0.143. The van der Waals surface area contributed by atoms with Crippen molar-refractivity contribution in [2.45, 2.75) is 6.54 Å². The van der Waals surface area contributed by atoms with E-state index >= 15 is 0 Å². The molecule has 0 fully saturated rings. The Kier molecular flexibility index (Phi) is 2.71. The highest BCUT2D eigenvalue weighted by atomic mass is 35.5. The Morgan fingerprint density at radius 2 is 1.73 bits per heavy atom. The van der Waals surface area contributed by atoms with Gasteiger partial charge in [-0.1, -0.05) is 23.2 Å². The van der Waals surface area contributed by atoms with Gasteiger partial charge in [-0.2, -0.15) is 0 Å². The molecule has 60 valence electrons. The largest absolute Gasteiger partial charge is 0.326 e. The lowest BCUT2D eigenvalue weighted by atomic mass is 10.2. The van der Waals surface area contributed by atoms with E-state index in [-0.39, 0.29) is 10.0 Å². The second kappa shape index (κ2) is 3.39. The molecule has 0 radical (unpaired) electrons. The van der Waals surface area contributed by atoms with Crippen LogP contribution in [-0.4, -0.2) is 0 Å². The van der Waals surface area contributed by atoms with Crippen molar-refractivity contribution in [1.29, 1.82) is 0 Å². The van der Waals surface area contributed by atoms with Crippen molar-refractivity contribution < 1.29 is 4.39 Å². The maximum absolute atomic E-state index is 12.7. The Labute approximate surface area is 73.9 Å². The summed E-state index contributed by atoms with van der Waals surface area (Å²) in [5.74, 6) is -0.592. The zero-order chi connectivity index (χ0) is 8.43. The van der Waals surface area contributed by atoms with E-state index in [2.05, 4.69) is 0 Å². The molecule has 1 aromatic rings. The zero-order valence-electron chi connectivity index (χ0n) is 5.57. The van der Waals surface area contributed by atoms with Crippen LogP contribution in [0.25, 0.3) is 0 Å². The number of nitrogens with two attached hydrogens (primary N) is 1. The van der Waals surface area contributed by atoms with Crippen LogP contribution < -0.4 is 5.73 Å². The highest BCUT2D eigenvalue weighted by Gasteiger charge is 2.05. The highest BCUT2D eigenvalue weighted by molar-refractivity contribution is 6.34. The van der Waals surface area contributed by atoms with Gasteiger partial charge in [0.25, 0.3) is 0 Å². The van der Waals surface area contributed by atoms with Crippen LogP contribution >= 0.6 is 23.2 Å². The molecule has 0 aliphatic heterocycles. The fourth-order valence-electron chi connectivity index (χ4n) is 0.726. The van der Waals surface area contributed by atoms with E-state index in [0.29, 0.717) is 6.54 Å². The minimum absolute atomic E-state index is 0.0120.